The molecule has 4 heteroatoms. The van der Waals surface area contributed by atoms with Gasteiger partial charge >= 0.3 is 0 Å². The summed E-state index contributed by atoms with van der Waals surface area (Å²) in [6, 6.07) is 0. The van der Waals surface area contributed by atoms with Gasteiger partial charge < -0.3 is 4.74 Å². The van der Waals surface area contributed by atoms with Gasteiger partial charge in [-0.2, -0.15) is 0 Å². The number of aromatic nitrogens is 2. The molecule has 0 spiro atoms. The summed E-state index contributed by atoms with van der Waals surface area (Å²) in [7, 11) is 0. The van der Waals surface area contributed by atoms with E-state index in [9.17, 15) is 4.39 Å². The monoisotopic (exact) mass is 224 g/mol. The Hall–Kier alpha value is -1.03. The molecule has 88 valence electrons. The molecule has 0 N–H and O–H groups in total. The summed E-state index contributed by atoms with van der Waals surface area (Å²) < 4.78 is 19.2. The Balaban J connectivity index is 2.25. The van der Waals surface area contributed by atoms with Crippen LogP contribution in [0.2, 0.25) is 0 Å². The largest absolute Gasteiger partial charge is 0.381 e. The van der Waals surface area contributed by atoms with Gasteiger partial charge in [0.05, 0.1) is 24.6 Å². The first-order chi connectivity index (χ1) is 7.48. The molecule has 0 radical (unpaired) electrons. The van der Waals surface area contributed by atoms with Crippen molar-refractivity contribution in [2.75, 3.05) is 13.2 Å². The Labute approximate surface area is 95.1 Å². The van der Waals surface area contributed by atoms with Crippen molar-refractivity contribution in [1.82, 2.24) is 9.97 Å². The smallest absolute Gasteiger partial charge is 0.166 e. The Bertz CT molecular complexity index is 383. The van der Waals surface area contributed by atoms with E-state index in [0.29, 0.717) is 36.9 Å². The van der Waals surface area contributed by atoms with Gasteiger partial charge in [-0.25, -0.2) is 14.4 Å². The highest BCUT2D eigenvalue weighted by molar-refractivity contribution is 5.19. The standard InChI is InChI=1S/C12H17FN2O/c1-12(2,3)11-10(13)9(14-7-15-11)4-8-5-16-6-8/h7-8H,4-6H2,1-3H3. The molecule has 2 rings (SSSR count). The van der Waals surface area contributed by atoms with Gasteiger partial charge in [0.25, 0.3) is 0 Å². The van der Waals surface area contributed by atoms with Crippen LogP contribution in [0, 0.1) is 11.7 Å². The normalized spacial score (nSPS) is 17.2. The molecule has 1 aromatic heterocycles. The van der Waals surface area contributed by atoms with Crippen molar-refractivity contribution in [3.05, 3.63) is 23.5 Å². The fourth-order valence-electron chi connectivity index (χ4n) is 1.75. The molecular formula is C12H17FN2O. The Morgan fingerprint density at radius 1 is 1.38 bits per heavy atom. The number of nitrogens with zero attached hydrogens (tertiary/aromatic N) is 2. The molecule has 0 unspecified atom stereocenters. The predicted octanol–water partition coefficient (Wildman–Crippen LogP) is 2.10. The molecular weight excluding hydrogens is 207 g/mol. The van der Waals surface area contributed by atoms with Crippen LogP contribution in [0.4, 0.5) is 4.39 Å². The molecule has 0 amide bonds. The average Bonchev–Trinajstić information content (AvgIpc) is 2.11. The third kappa shape index (κ3) is 2.21. The summed E-state index contributed by atoms with van der Waals surface area (Å²) in [5.41, 5.74) is 0.740. The number of rotatable bonds is 2. The zero-order chi connectivity index (χ0) is 11.8. The van der Waals surface area contributed by atoms with Crippen molar-refractivity contribution in [1.29, 1.82) is 0 Å². The Morgan fingerprint density at radius 3 is 2.56 bits per heavy atom. The van der Waals surface area contributed by atoms with Crippen LogP contribution >= 0.6 is 0 Å². The van der Waals surface area contributed by atoms with Crippen molar-refractivity contribution < 1.29 is 9.13 Å². The van der Waals surface area contributed by atoms with E-state index in [1.807, 2.05) is 20.8 Å². The Morgan fingerprint density at radius 2 is 2.06 bits per heavy atom. The minimum atomic E-state index is -0.280. The molecule has 1 saturated heterocycles. The van der Waals surface area contributed by atoms with Crippen LogP contribution in [0.3, 0.4) is 0 Å². The molecule has 0 saturated carbocycles. The van der Waals surface area contributed by atoms with E-state index in [1.54, 1.807) is 0 Å². The van der Waals surface area contributed by atoms with E-state index in [1.165, 1.54) is 6.33 Å². The molecule has 1 aliphatic rings. The second-order valence-corrected chi connectivity index (χ2v) is 5.34. The maximum atomic E-state index is 14.1. The van der Waals surface area contributed by atoms with Gasteiger partial charge in [-0.15, -0.1) is 0 Å². The first-order valence-corrected chi connectivity index (χ1v) is 5.56. The van der Waals surface area contributed by atoms with Gasteiger partial charge in [0.1, 0.15) is 6.33 Å². The van der Waals surface area contributed by atoms with Crippen LogP contribution in [0.1, 0.15) is 32.2 Å². The molecule has 1 aromatic rings. The molecule has 0 aromatic carbocycles. The lowest BCUT2D eigenvalue weighted by Crippen LogP contribution is -2.30. The number of hydrogen-bond acceptors (Lipinski definition) is 3. The summed E-state index contributed by atoms with van der Waals surface area (Å²) in [5.74, 6) is 0.166. The first-order valence-electron chi connectivity index (χ1n) is 5.56. The van der Waals surface area contributed by atoms with Crippen molar-refractivity contribution in [3.8, 4) is 0 Å². The molecule has 1 fully saturated rings. The highest BCUT2D eigenvalue weighted by Gasteiger charge is 2.26. The van der Waals surface area contributed by atoms with Crippen molar-refractivity contribution in [2.24, 2.45) is 5.92 Å². The second kappa shape index (κ2) is 4.09. The number of hydrogen-bond donors (Lipinski definition) is 0. The molecule has 2 heterocycles. The molecule has 1 aliphatic heterocycles. The van der Waals surface area contributed by atoms with Crippen LogP contribution in [0.25, 0.3) is 0 Å². The second-order valence-electron chi connectivity index (χ2n) is 5.34. The van der Waals surface area contributed by atoms with Crippen LogP contribution in [0.15, 0.2) is 6.33 Å². The topological polar surface area (TPSA) is 35.0 Å². The zero-order valence-corrected chi connectivity index (χ0v) is 9.96. The summed E-state index contributed by atoms with van der Waals surface area (Å²) in [6.45, 7) is 7.29. The lowest BCUT2D eigenvalue weighted by atomic mass is 9.90. The van der Waals surface area contributed by atoms with Crippen molar-refractivity contribution >= 4 is 0 Å². The maximum absolute atomic E-state index is 14.1. The molecule has 16 heavy (non-hydrogen) atoms. The fourth-order valence-corrected chi connectivity index (χ4v) is 1.75. The SMILES string of the molecule is CC(C)(C)c1ncnc(CC2COC2)c1F. The van der Waals surface area contributed by atoms with E-state index in [4.69, 9.17) is 4.74 Å². The molecule has 0 atom stereocenters. The van der Waals surface area contributed by atoms with Gasteiger partial charge in [0.2, 0.25) is 0 Å². The third-order valence-electron chi connectivity index (χ3n) is 2.76. The van der Waals surface area contributed by atoms with Crippen LogP contribution in [-0.4, -0.2) is 23.2 Å². The minimum absolute atomic E-state index is 0.248. The van der Waals surface area contributed by atoms with Gasteiger partial charge in [0.15, 0.2) is 5.82 Å². The first kappa shape index (κ1) is 11.5. The van der Waals surface area contributed by atoms with Gasteiger partial charge in [0, 0.05) is 11.3 Å². The molecule has 0 bridgehead atoms. The highest BCUT2D eigenvalue weighted by Crippen LogP contribution is 2.25. The predicted molar refractivity (Wildman–Crippen MR) is 58.7 cm³/mol. The van der Waals surface area contributed by atoms with E-state index in [-0.39, 0.29) is 11.2 Å². The van der Waals surface area contributed by atoms with E-state index < -0.39 is 0 Å². The minimum Gasteiger partial charge on any atom is -0.381 e. The highest BCUT2D eigenvalue weighted by atomic mass is 19.1. The number of halogens is 1. The van der Waals surface area contributed by atoms with Crippen molar-refractivity contribution in [3.63, 3.8) is 0 Å². The van der Waals surface area contributed by atoms with Gasteiger partial charge in [-0.1, -0.05) is 20.8 Å². The third-order valence-corrected chi connectivity index (χ3v) is 2.76. The summed E-state index contributed by atoms with van der Waals surface area (Å²) >= 11 is 0. The van der Waals surface area contributed by atoms with Gasteiger partial charge in [-0.05, 0) is 6.42 Å². The molecule has 3 nitrogen and oxygen atoms in total. The van der Waals surface area contributed by atoms with Crippen LogP contribution in [-0.2, 0) is 16.6 Å². The van der Waals surface area contributed by atoms with E-state index in [2.05, 4.69) is 9.97 Å². The van der Waals surface area contributed by atoms with Crippen LogP contribution in [0.5, 0.6) is 0 Å². The molecule has 0 aliphatic carbocycles. The van der Waals surface area contributed by atoms with E-state index in [0.717, 1.165) is 0 Å². The van der Waals surface area contributed by atoms with Crippen molar-refractivity contribution in [2.45, 2.75) is 32.6 Å². The van der Waals surface area contributed by atoms with Crippen LogP contribution < -0.4 is 0 Å². The summed E-state index contributed by atoms with van der Waals surface area (Å²) in [5, 5.41) is 0. The summed E-state index contributed by atoms with van der Waals surface area (Å²) in [4.78, 5) is 8.08. The zero-order valence-electron chi connectivity index (χ0n) is 9.96. The lowest BCUT2D eigenvalue weighted by Gasteiger charge is -2.26. The Kier molecular flexibility index (Phi) is 2.93. The maximum Gasteiger partial charge on any atom is 0.166 e. The quantitative estimate of drug-likeness (QED) is 0.771. The average molecular weight is 224 g/mol. The number of ether oxygens (including phenoxy) is 1. The summed E-state index contributed by atoms with van der Waals surface area (Å²) in [6.07, 6.45) is 2.11. The van der Waals surface area contributed by atoms with Gasteiger partial charge in [-0.3, -0.25) is 0 Å². The lowest BCUT2D eigenvalue weighted by molar-refractivity contribution is -0.0320. The van der Waals surface area contributed by atoms with E-state index >= 15 is 0 Å². The fraction of sp³-hybridized carbons (Fsp3) is 0.667.